The second-order valence-corrected chi connectivity index (χ2v) is 8.86. The molecule has 2 aromatic heterocycles. The zero-order chi connectivity index (χ0) is 24.2. The van der Waals surface area contributed by atoms with Crippen molar-refractivity contribution >= 4 is 33.6 Å². The number of nitrogens with one attached hydrogen (secondary N) is 1. The van der Waals surface area contributed by atoms with Gasteiger partial charge in [0.2, 0.25) is 10.3 Å². The number of hydrogen-bond donors (Lipinski definition) is 1. The lowest BCUT2D eigenvalue weighted by Gasteiger charge is -2.15. The van der Waals surface area contributed by atoms with Gasteiger partial charge in [0.05, 0.1) is 19.9 Å². The number of ether oxygens (including phenoxy) is 2. The van der Waals surface area contributed by atoms with Crippen LogP contribution in [0.2, 0.25) is 0 Å². The minimum atomic E-state index is -0.515. The zero-order valence-electron chi connectivity index (χ0n) is 19.6. The van der Waals surface area contributed by atoms with E-state index in [2.05, 4.69) is 20.4 Å². The first-order chi connectivity index (χ1) is 16.4. The van der Waals surface area contributed by atoms with E-state index in [1.165, 1.54) is 11.3 Å². The van der Waals surface area contributed by atoms with Gasteiger partial charge in [-0.2, -0.15) is 5.26 Å². The van der Waals surface area contributed by atoms with Crippen molar-refractivity contribution in [2.24, 2.45) is 0 Å². The van der Waals surface area contributed by atoms with Crippen molar-refractivity contribution in [3.05, 3.63) is 46.8 Å². The van der Waals surface area contributed by atoms with Gasteiger partial charge >= 0.3 is 0 Å². The van der Waals surface area contributed by atoms with Crippen molar-refractivity contribution in [3.63, 3.8) is 0 Å². The molecule has 0 radical (unpaired) electrons. The molecule has 1 fully saturated rings. The largest absolute Gasteiger partial charge is 0.497 e. The van der Waals surface area contributed by atoms with E-state index < -0.39 is 5.91 Å². The second kappa shape index (κ2) is 9.97. The second-order valence-electron chi connectivity index (χ2n) is 7.91. The van der Waals surface area contributed by atoms with Gasteiger partial charge in [0, 0.05) is 30.5 Å². The van der Waals surface area contributed by atoms with Crippen LogP contribution in [-0.2, 0) is 4.79 Å². The maximum absolute atomic E-state index is 12.8. The first-order valence-electron chi connectivity index (χ1n) is 10.9. The molecule has 0 atom stereocenters. The number of hydrogen-bond acceptors (Lipinski definition) is 8. The SMILES string of the molecule is COc1ccc(-n2c(C)cc(/C=C(/C#N)C(=O)Nc3nnc(N4CCCC4)s3)c2C)c(OC)c1. The van der Waals surface area contributed by atoms with Crippen molar-refractivity contribution in [3.8, 4) is 23.3 Å². The number of aromatic nitrogens is 3. The number of rotatable bonds is 7. The molecule has 4 rings (SSSR count). The fourth-order valence-corrected chi connectivity index (χ4v) is 4.84. The smallest absolute Gasteiger partial charge is 0.268 e. The summed E-state index contributed by atoms with van der Waals surface area (Å²) < 4.78 is 12.9. The molecule has 0 spiro atoms. The Morgan fingerprint density at radius 2 is 1.94 bits per heavy atom. The van der Waals surface area contributed by atoms with Crippen LogP contribution in [0.25, 0.3) is 11.8 Å². The van der Waals surface area contributed by atoms with E-state index in [-0.39, 0.29) is 5.57 Å². The van der Waals surface area contributed by atoms with Gasteiger partial charge in [-0.15, -0.1) is 10.2 Å². The number of methoxy groups -OCH3 is 2. The lowest BCUT2D eigenvalue weighted by atomic mass is 10.1. The first kappa shape index (κ1) is 23.3. The van der Waals surface area contributed by atoms with E-state index in [9.17, 15) is 10.1 Å². The first-order valence-corrected chi connectivity index (χ1v) is 11.7. The average molecular weight is 479 g/mol. The Kier molecular flexibility index (Phi) is 6.84. The zero-order valence-corrected chi connectivity index (χ0v) is 20.4. The summed E-state index contributed by atoms with van der Waals surface area (Å²) in [7, 11) is 3.21. The quantitative estimate of drug-likeness (QED) is 0.402. The Morgan fingerprint density at radius 3 is 2.62 bits per heavy atom. The van der Waals surface area contributed by atoms with Crippen LogP contribution in [0.15, 0.2) is 29.8 Å². The van der Waals surface area contributed by atoms with Gasteiger partial charge in [-0.1, -0.05) is 11.3 Å². The van der Waals surface area contributed by atoms with Crippen LogP contribution >= 0.6 is 11.3 Å². The summed E-state index contributed by atoms with van der Waals surface area (Å²) >= 11 is 1.31. The summed E-state index contributed by atoms with van der Waals surface area (Å²) in [6.07, 6.45) is 3.85. The number of carbonyl (C=O) groups is 1. The maximum Gasteiger partial charge on any atom is 0.268 e. The molecular weight excluding hydrogens is 452 g/mol. The summed E-state index contributed by atoms with van der Waals surface area (Å²) in [6.45, 7) is 5.78. The molecule has 1 saturated heterocycles. The molecule has 10 heteroatoms. The fraction of sp³-hybridized carbons (Fsp3) is 0.333. The molecule has 3 heterocycles. The minimum absolute atomic E-state index is 0.0140. The van der Waals surface area contributed by atoms with E-state index in [0.29, 0.717) is 16.6 Å². The summed E-state index contributed by atoms with van der Waals surface area (Å²) in [5.41, 5.74) is 3.39. The van der Waals surface area contributed by atoms with Crippen LogP contribution in [0.4, 0.5) is 10.3 Å². The predicted molar refractivity (Wildman–Crippen MR) is 132 cm³/mol. The minimum Gasteiger partial charge on any atom is -0.497 e. The number of carbonyl (C=O) groups excluding carboxylic acids is 1. The Balaban J connectivity index is 1.59. The summed E-state index contributed by atoms with van der Waals surface area (Å²) in [5, 5.41) is 21.8. The molecule has 1 amide bonds. The van der Waals surface area contributed by atoms with Crippen LogP contribution in [0, 0.1) is 25.2 Å². The third-order valence-corrected chi connectivity index (χ3v) is 6.67. The molecule has 0 unspecified atom stereocenters. The average Bonchev–Trinajstić information content (AvgIpc) is 3.58. The predicted octanol–water partition coefficient (Wildman–Crippen LogP) is 4.11. The summed E-state index contributed by atoms with van der Waals surface area (Å²) in [6, 6.07) is 9.53. The van der Waals surface area contributed by atoms with Gasteiger partial charge < -0.3 is 18.9 Å². The van der Waals surface area contributed by atoms with E-state index in [0.717, 1.165) is 53.7 Å². The molecule has 34 heavy (non-hydrogen) atoms. The Labute approximate surface area is 202 Å². The van der Waals surface area contributed by atoms with Crippen LogP contribution in [-0.4, -0.2) is 48.0 Å². The molecule has 0 bridgehead atoms. The van der Waals surface area contributed by atoms with E-state index in [1.807, 2.05) is 48.7 Å². The third-order valence-electron chi connectivity index (χ3n) is 5.77. The van der Waals surface area contributed by atoms with Crippen molar-refractivity contribution < 1.29 is 14.3 Å². The van der Waals surface area contributed by atoms with Crippen molar-refractivity contribution in [2.75, 3.05) is 37.5 Å². The number of nitriles is 1. The monoisotopic (exact) mass is 478 g/mol. The maximum atomic E-state index is 12.8. The molecule has 3 aromatic rings. The summed E-state index contributed by atoms with van der Waals surface area (Å²) in [5.74, 6) is 0.828. The Morgan fingerprint density at radius 1 is 1.18 bits per heavy atom. The summed E-state index contributed by atoms with van der Waals surface area (Å²) in [4.78, 5) is 15.0. The fourth-order valence-electron chi connectivity index (χ4n) is 4.04. The third kappa shape index (κ3) is 4.61. The molecule has 1 N–H and O–H groups in total. The number of nitrogens with zero attached hydrogens (tertiary/aromatic N) is 5. The molecule has 1 aliphatic heterocycles. The van der Waals surface area contributed by atoms with Gasteiger partial charge in [-0.05, 0) is 56.5 Å². The van der Waals surface area contributed by atoms with Gasteiger partial charge in [-0.25, -0.2) is 0 Å². The van der Waals surface area contributed by atoms with E-state index in [1.54, 1.807) is 20.3 Å². The molecule has 0 aliphatic carbocycles. The highest BCUT2D eigenvalue weighted by atomic mass is 32.1. The van der Waals surface area contributed by atoms with Crippen molar-refractivity contribution in [2.45, 2.75) is 26.7 Å². The van der Waals surface area contributed by atoms with Gasteiger partial charge in [0.1, 0.15) is 23.1 Å². The highest BCUT2D eigenvalue weighted by Crippen LogP contribution is 2.32. The number of anilines is 2. The standard InChI is InChI=1S/C24H26N6O3S/c1-15-11-17(16(2)30(15)20-8-7-19(32-3)13-21(20)33-4)12-18(14-25)22(31)26-23-27-28-24(34-23)29-9-5-6-10-29/h7-8,11-13H,5-6,9-10H2,1-4H3,(H,26,27,31)/b18-12-. The molecule has 9 nitrogen and oxygen atoms in total. The normalized spacial score (nSPS) is 13.6. The van der Waals surface area contributed by atoms with Crippen LogP contribution < -0.4 is 19.7 Å². The van der Waals surface area contributed by atoms with E-state index >= 15 is 0 Å². The van der Waals surface area contributed by atoms with Gasteiger partial charge in [0.25, 0.3) is 5.91 Å². The molecule has 1 aromatic carbocycles. The highest BCUT2D eigenvalue weighted by Gasteiger charge is 2.20. The molecular formula is C24H26N6O3S. The van der Waals surface area contributed by atoms with Crippen LogP contribution in [0.3, 0.4) is 0 Å². The number of benzene rings is 1. The Hall–Kier alpha value is -3.84. The molecule has 176 valence electrons. The molecule has 1 aliphatic rings. The number of aryl methyl sites for hydroxylation is 1. The lowest BCUT2D eigenvalue weighted by Crippen LogP contribution is -2.17. The number of amides is 1. The van der Waals surface area contributed by atoms with Gasteiger partial charge in [-0.3, -0.25) is 10.1 Å². The van der Waals surface area contributed by atoms with Crippen LogP contribution in [0.5, 0.6) is 11.5 Å². The van der Waals surface area contributed by atoms with Crippen LogP contribution in [0.1, 0.15) is 29.8 Å². The van der Waals surface area contributed by atoms with Crippen molar-refractivity contribution in [1.82, 2.24) is 14.8 Å². The molecule has 0 saturated carbocycles. The van der Waals surface area contributed by atoms with Gasteiger partial charge in [0.15, 0.2) is 0 Å². The lowest BCUT2D eigenvalue weighted by molar-refractivity contribution is -0.112. The highest BCUT2D eigenvalue weighted by molar-refractivity contribution is 7.19. The van der Waals surface area contributed by atoms with E-state index in [4.69, 9.17) is 9.47 Å². The topological polar surface area (TPSA) is 105 Å². The van der Waals surface area contributed by atoms with Crippen molar-refractivity contribution in [1.29, 1.82) is 5.26 Å². The Bertz CT molecular complexity index is 1280.